The summed E-state index contributed by atoms with van der Waals surface area (Å²) in [6.07, 6.45) is 11.4. The summed E-state index contributed by atoms with van der Waals surface area (Å²) in [5, 5.41) is 8.02. The molecule has 1 heterocycles. The molecule has 3 N–H and O–H groups in total. The second kappa shape index (κ2) is 23.4. The fourth-order valence-corrected chi connectivity index (χ4v) is 4.30. The van der Waals surface area contributed by atoms with E-state index >= 15 is 0 Å². The first-order valence-corrected chi connectivity index (χ1v) is 14.3. The van der Waals surface area contributed by atoms with Crippen molar-refractivity contribution in [3.05, 3.63) is 43.4 Å². The Bertz CT molecular complexity index is 871. The van der Waals surface area contributed by atoms with Crippen LogP contribution in [0.4, 0.5) is 9.59 Å². The average Bonchev–Trinajstić information content (AvgIpc) is 2.96. The van der Waals surface area contributed by atoms with Crippen LogP contribution in [-0.2, 0) is 51.8 Å². The van der Waals surface area contributed by atoms with Crippen LogP contribution in [-0.4, -0.2) is 74.3 Å². The summed E-state index contributed by atoms with van der Waals surface area (Å²) in [5.41, 5.74) is 2.12. The predicted octanol–water partition coefficient (Wildman–Crippen LogP) is 4.43. The summed E-state index contributed by atoms with van der Waals surface area (Å²) in [6, 6.07) is 0.253. The molecule has 0 atom stereocenters. The van der Waals surface area contributed by atoms with E-state index in [0.717, 1.165) is 56.1 Å². The third-order valence-corrected chi connectivity index (χ3v) is 6.58. The van der Waals surface area contributed by atoms with E-state index in [1.165, 1.54) is 6.42 Å². The molecule has 0 aromatic heterocycles. The largest absolute Gasteiger partial charge is 0.439 e. The molecule has 10 nitrogen and oxygen atoms in total. The molecule has 11 heteroatoms. The molecule has 1 fully saturated rings. The predicted molar refractivity (Wildman–Crippen MR) is 156 cm³/mol. The molecule has 4 amide bonds. The molecule has 0 bridgehead atoms. The molecule has 0 spiro atoms. The SMILES string of the molecule is C=CC1=C(C=C)CN(C(=O)COC(=O)NCCCC(C)C)CC1.[CH2-]CCNC(=O)OCC(=O)NC1CCCCC1.[Y]. The van der Waals surface area contributed by atoms with Crippen LogP contribution in [0, 0.1) is 12.8 Å². The van der Waals surface area contributed by atoms with Gasteiger partial charge in [0, 0.05) is 58.4 Å². The standard InChI is InChI=1S/C18H28N2O3.C12H21N2O3.Y/c1-5-15-9-11-20(12-16(15)6-2)17(21)13-23-18(22)19-10-7-8-14(3)4;1-2-8-13-12(16)17-9-11(15)14-10-6-4-3-5-7-10;/h5-6,14H,1-2,7-13H2,3-4H3,(H,19,22);10H,1-9H2,(H,13,16)(H,14,15);/q;-1;. The van der Waals surface area contributed by atoms with Crippen LogP contribution in [0.25, 0.3) is 0 Å². The molecule has 41 heavy (non-hydrogen) atoms. The van der Waals surface area contributed by atoms with Crippen LogP contribution in [0.5, 0.6) is 0 Å². The normalized spacial score (nSPS) is 15.0. The van der Waals surface area contributed by atoms with Crippen molar-refractivity contribution in [1.29, 1.82) is 0 Å². The maximum Gasteiger partial charge on any atom is 0.407 e. The van der Waals surface area contributed by atoms with Crippen molar-refractivity contribution in [3.8, 4) is 0 Å². The van der Waals surface area contributed by atoms with E-state index in [1.54, 1.807) is 17.1 Å². The quantitative estimate of drug-likeness (QED) is 0.200. The van der Waals surface area contributed by atoms with Gasteiger partial charge in [-0.15, -0.1) is 0 Å². The number of allylic oxidation sites excluding steroid dienone is 1. The van der Waals surface area contributed by atoms with E-state index in [1.807, 2.05) is 0 Å². The molecule has 0 unspecified atom stereocenters. The Labute approximate surface area is 271 Å². The van der Waals surface area contributed by atoms with Crippen LogP contribution in [0.2, 0.25) is 0 Å². The Morgan fingerprint density at radius 2 is 1.59 bits per heavy atom. The Hall–Kier alpha value is -2.20. The number of ether oxygens (including phenoxy) is 2. The third-order valence-electron chi connectivity index (χ3n) is 6.58. The van der Waals surface area contributed by atoms with Gasteiger partial charge in [0.05, 0.1) is 0 Å². The van der Waals surface area contributed by atoms with Crippen LogP contribution >= 0.6 is 0 Å². The van der Waals surface area contributed by atoms with Crippen LogP contribution < -0.4 is 16.0 Å². The number of nitrogens with one attached hydrogen (secondary N) is 3. The first kappa shape index (κ1) is 38.8. The van der Waals surface area contributed by atoms with Gasteiger partial charge in [0.1, 0.15) is 0 Å². The first-order chi connectivity index (χ1) is 19.2. The van der Waals surface area contributed by atoms with E-state index < -0.39 is 12.2 Å². The molecular weight excluding hydrogens is 601 g/mol. The smallest absolute Gasteiger partial charge is 0.407 e. The van der Waals surface area contributed by atoms with Crippen molar-refractivity contribution in [1.82, 2.24) is 20.9 Å². The number of hydrogen-bond donors (Lipinski definition) is 3. The van der Waals surface area contributed by atoms with Crippen molar-refractivity contribution in [2.24, 2.45) is 5.92 Å². The van der Waals surface area contributed by atoms with Gasteiger partial charge in [-0.2, -0.15) is 6.42 Å². The number of rotatable bonds is 13. The van der Waals surface area contributed by atoms with E-state index in [0.29, 0.717) is 38.5 Å². The second-order valence-electron chi connectivity index (χ2n) is 10.3. The van der Waals surface area contributed by atoms with Crippen LogP contribution in [0.1, 0.15) is 71.6 Å². The summed E-state index contributed by atoms with van der Waals surface area (Å²) in [5.74, 6) is 0.201. The van der Waals surface area contributed by atoms with Gasteiger partial charge in [-0.05, 0) is 55.7 Å². The zero-order chi connectivity index (χ0) is 29.8. The number of nitrogens with zero attached hydrogens (tertiary/aromatic N) is 1. The van der Waals surface area contributed by atoms with Crippen LogP contribution in [0.15, 0.2) is 36.5 Å². The minimum absolute atomic E-state index is 0. The number of hydrogen-bond acceptors (Lipinski definition) is 6. The Morgan fingerprint density at radius 1 is 0.976 bits per heavy atom. The van der Waals surface area contributed by atoms with Crippen molar-refractivity contribution in [2.45, 2.75) is 77.7 Å². The molecule has 1 aliphatic heterocycles. The average molecular weight is 651 g/mol. The maximum absolute atomic E-state index is 12.1. The maximum atomic E-state index is 12.1. The van der Waals surface area contributed by atoms with E-state index in [2.05, 4.69) is 49.9 Å². The van der Waals surface area contributed by atoms with Gasteiger partial charge >= 0.3 is 12.2 Å². The zero-order valence-electron chi connectivity index (χ0n) is 25.0. The fraction of sp³-hybridized carbons (Fsp3) is 0.633. The molecule has 2 aliphatic rings. The van der Waals surface area contributed by atoms with Crippen molar-refractivity contribution in [3.63, 3.8) is 0 Å². The Kier molecular flexibility index (Phi) is 22.1. The topological polar surface area (TPSA) is 126 Å². The van der Waals surface area contributed by atoms with Crippen LogP contribution in [0.3, 0.4) is 0 Å². The van der Waals surface area contributed by atoms with Gasteiger partial charge in [-0.25, -0.2) is 9.59 Å². The van der Waals surface area contributed by atoms with Gasteiger partial charge in [-0.3, -0.25) is 9.59 Å². The second-order valence-corrected chi connectivity index (χ2v) is 10.3. The third kappa shape index (κ3) is 18.1. The van der Waals surface area contributed by atoms with E-state index in [4.69, 9.17) is 9.47 Å². The number of carbonyl (C=O) groups is 4. The molecule has 0 aromatic carbocycles. The summed E-state index contributed by atoms with van der Waals surface area (Å²) < 4.78 is 9.74. The number of amides is 4. The van der Waals surface area contributed by atoms with Gasteiger partial charge in [0.25, 0.3) is 11.8 Å². The van der Waals surface area contributed by atoms with Crippen molar-refractivity contribution < 1.29 is 61.4 Å². The van der Waals surface area contributed by atoms with Crippen molar-refractivity contribution >= 4 is 24.0 Å². The Balaban J connectivity index is 0.000000794. The summed E-state index contributed by atoms with van der Waals surface area (Å²) in [6.45, 7) is 17.1. The molecule has 1 radical (unpaired) electrons. The van der Waals surface area contributed by atoms with E-state index in [9.17, 15) is 19.2 Å². The summed E-state index contributed by atoms with van der Waals surface area (Å²) in [4.78, 5) is 47.9. The first-order valence-electron chi connectivity index (χ1n) is 14.3. The van der Waals surface area contributed by atoms with Gasteiger partial charge in [0.15, 0.2) is 13.2 Å². The molecule has 0 saturated heterocycles. The van der Waals surface area contributed by atoms with Crippen molar-refractivity contribution in [2.75, 3.05) is 39.4 Å². The van der Waals surface area contributed by atoms with Gasteiger partial charge < -0.3 is 37.2 Å². The minimum atomic E-state index is -0.563. The summed E-state index contributed by atoms with van der Waals surface area (Å²) in [7, 11) is 0. The number of carbonyl (C=O) groups excluding carboxylic acids is 4. The zero-order valence-corrected chi connectivity index (χ0v) is 27.8. The molecule has 2 rings (SSSR count). The number of alkyl carbamates (subject to hydrolysis) is 2. The molecule has 1 saturated carbocycles. The molecule has 229 valence electrons. The fourth-order valence-electron chi connectivity index (χ4n) is 4.30. The summed E-state index contributed by atoms with van der Waals surface area (Å²) >= 11 is 0. The Morgan fingerprint density at radius 3 is 2.17 bits per heavy atom. The molecular formula is C30H49N4O6Y-. The molecule has 1 aliphatic carbocycles. The van der Waals surface area contributed by atoms with Gasteiger partial charge in [0.2, 0.25) is 0 Å². The molecule has 0 aromatic rings. The van der Waals surface area contributed by atoms with E-state index in [-0.39, 0.29) is 63.8 Å². The minimum Gasteiger partial charge on any atom is -0.439 e. The monoisotopic (exact) mass is 650 g/mol. The van der Waals surface area contributed by atoms with Gasteiger partial charge in [-0.1, -0.05) is 58.4 Å².